The van der Waals surface area contributed by atoms with Gasteiger partial charge in [-0.15, -0.1) is 0 Å². The fourth-order valence-electron chi connectivity index (χ4n) is 3.18. The lowest BCUT2D eigenvalue weighted by Crippen LogP contribution is -2.47. The van der Waals surface area contributed by atoms with Gasteiger partial charge in [0, 0.05) is 24.2 Å². The van der Waals surface area contributed by atoms with E-state index in [1.165, 1.54) is 0 Å². The predicted octanol–water partition coefficient (Wildman–Crippen LogP) is 2.84. The van der Waals surface area contributed by atoms with Crippen molar-refractivity contribution >= 4 is 5.91 Å². The summed E-state index contributed by atoms with van der Waals surface area (Å²) in [5.41, 5.74) is 2.10. The highest BCUT2D eigenvalue weighted by molar-refractivity contribution is 6.00. The van der Waals surface area contributed by atoms with Crippen LogP contribution < -0.4 is 0 Å². The molecule has 0 unspecified atom stereocenters. The number of morpholine rings is 1. The van der Waals surface area contributed by atoms with Crippen LogP contribution in [0.1, 0.15) is 10.4 Å². The van der Waals surface area contributed by atoms with Crippen LogP contribution in [0.4, 0.5) is 0 Å². The van der Waals surface area contributed by atoms with Gasteiger partial charge < -0.3 is 19.2 Å². The Labute approximate surface area is 157 Å². The summed E-state index contributed by atoms with van der Waals surface area (Å²) < 4.78 is 11.4. The summed E-state index contributed by atoms with van der Waals surface area (Å²) >= 11 is 0. The van der Waals surface area contributed by atoms with E-state index in [-0.39, 0.29) is 18.6 Å². The number of benzene rings is 2. The molecular weight excluding hydrogens is 344 g/mol. The van der Waals surface area contributed by atoms with Gasteiger partial charge in [-0.05, 0) is 12.1 Å². The molecule has 1 saturated heterocycles. The molecule has 6 nitrogen and oxygen atoms in total. The zero-order chi connectivity index (χ0) is 18.6. The molecule has 138 valence electrons. The highest BCUT2D eigenvalue weighted by atomic mass is 16.5. The van der Waals surface area contributed by atoms with Gasteiger partial charge in [0.15, 0.2) is 5.76 Å². The molecule has 6 heteroatoms. The highest BCUT2D eigenvalue weighted by Crippen LogP contribution is 2.29. The van der Waals surface area contributed by atoms with Gasteiger partial charge >= 0.3 is 0 Å². The van der Waals surface area contributed by atoms with Crippen LogP contribution in [0.3, 0.4) is 0 Å². The maximum atomic E-state index is 13.1. The second kappa shape index (κ2) is 7.73. The summed E-state index contributed by atoms with van der Waals surface area (Å²) in [6.45, 7) is 1.16. The molecule has 2 aromatic carbocycles. The molecule has 3 aromatic rings. The van der Waals surface area contributed by atoms with Gasteiger partial charge in [0.1, 0.15) is 0 Å². The number of hydrogen-bond acceptors (Lipinski definition) is 5. The predicted molar refractivity (Wildman–Crippen MR) is 100 cm³/mol. The molecule has 1 atom stereocenters. The topological polar surface area (TPSA) is 75.8 Å². The highest BCUT2D eigenvalue weighted by Gasteiger charge is 2.27. The largest absolute Gasteiger partial charge is 0.436 e. The van der Waals surface area contributed by atoms with Gasteiger partial charge in [0.05, 0.1) is 31.1 Å². The zero-order valence-corrected chi connectivity index (χ0v) is 14.7. The zero-order valence-electron chi connectivity index (χ0n) is 14.7. The summed E-state index contributed by atoms with van der Waals surface area (Å²) in [4.78, 5) is 19.1. The van der Waals surface area contributed by atoms with Crippen molar-refractivity contribution in [2.45, 2.75) is 6.10 Å². The van der Waals surface area contributed by atoms with Crippen molar-refractivity contribution in [2.75, 3.05) is 26.3 Å². The summed E-state index contributed by atoms with van der Waals surface area (Å²) in [6, 6.07) is 17.0. The molecule has 1 fully saturated rings. The number of aromatic nitrogens is 1. The number of carbonyl (C=O) groups is 1. The molecule has 0 bridgehead atoms. The number of aliphatic hydroxyl groups excluding tert-OH is 1. The van der Waals surface area contributed by atoms with Crippen LogP contribution in [0.25, 0.3) is 22.8 Å². The molecule has 27 heavy (non-hydrogen) atoms. The van der Waals surface area contributed by atoms with Crippen LogP contribution in [0.5, 0.6) is 0 Å². The van der Waals surface area contributed by atoms with Crippen molar-refractivity contribution in [1.29, 1.82) is 0 Å². The van der Waals surface area contributed by atoms with Crippen molar-refractivity contribution in [1.82, 2.24) is 9.88 Å². The second-order valence-corrected chi connectivity index (χ2v) is 6.37. The molecule has 0 radical (unpaired) electrons. The van der Waals surface area contributed by atoms with Gasteiger partial charge in [-0.2, -0.15) is 0 Å². The Hall–Kier alpha value is -2.96. The van der Waals surface area contributed by atoms with Crippen LogP contribution >= 0.6 is 0 Å². The third kappa shape index (κ3) is 3.63. The number of rotatable bonds is 4. The average molecular weight is 364 g/mol. The minimum atomic E-state index is -0.346. The van der Waals surface area contributed by atoms with Crippen molar-refractivity contribution < 1.29 is 19.1 Å². The first-order valence-corrected chi connectivity index (χ1v) is 8.88. The molecule has 0 aliphatic carbocycles. The number of hydrogen-bond donors (Lipinski definition) is 1. The molecule has 1 amide bonds. The standard InChI is InChI=1S/C21H20N2O4/c24-14-16-13-23(10-11-26-16)21(25)18-9-5-4-8-17(18)20-22-12-19(27-20)15-6-2-1-3-7-15/h1-9,12,16,24H,10-11,13-14H2/t16-/m0/s1. The van der Waals surface area contributed by atoms with E-state index < -0.39 is 0 Å². The molecule has 0 spiro atoms. The minimum Gasteiger partial charge on any atom is -0.436 e. The molecular formula is C21H20N2O4. The van der Waals surface area contributed by atoms with Crippen molar-refractivity contribution in [3.05, 3.63) is 66.4 Å². The first kappa shape index (κ1) is 17.5. The quantitative estimate of drug-likeness (QED) is 0.770. The first-order valence-electron chi connectivity index (χ1n) is 8.88. The Bertz CT molecular complexity index is 923. The van der Waals surface area contributed by atoms with E-state index in [1.807, 2.05) is 48.5 Å². The Kier molecular flexibility index (Phi) is 5.00. The summed E-state index contributed by atoms with van der Waals surface area (Å²) in [6.07, 6.45) is 1.32. The molecule has 4 rings (SSSR count). The number of ether oxygens (including phenoxy) is 1. The van der Waals surface area contributed by atoms with Crippen molar-refractivity contribution in [3.8, 4) is 22.8 Å². The molecule has 1 aromatic heterocycles. The van der Waals surface area contributed by atoms with Gasteiger partial charge in [-0.3, -0.25) is 4.79 Å². The van der Waals surface area contributed by atoms with Crippen molar-refractivity contribution in [2.24, 2.45) is 0 Å². The lowest BCUT2D eigenvalue weighted by atomic mass is 10.1. The maximum absolute atomic E-state index is 13.1. The Morgan fingerprint density at radius 2 is 1.93 bits per heavy atom. The Balaban J connectivity index is 1.64. The van der Waals surface area contributed by atoms with E-state index in [0.717, 1.165) is 5.56 Å². The normalized spacial score (nSPS) is 17.1. The number of nitrogens with zero attached hydrogens (tertiary/aromatic N) is 2. The average Bonchev–Trinajstić information content (AvgIpc) is 3.24. The number of oxazole rings is 1. The van der Waals surface area contributed by atoms with Crippen LogP contribution in [0, 0.1) is 0 Å². The summed E-state index contributed by atoms with van der Waals surface area (Å²) in [5.74, 6) is 0.941. The van der Waals surface area contributed by atoms with Crippen LogP contribution in [0.2, 0.25) is 0 Å². The number of carbonyl (C=O) groups excluding carboxylic acids is 1. The fraction of sp³-hybridized carbons (Fsp3) is 0.238. The van der Waals surface area contributed by atoms with E-state index in [0.29, 0.717) is 42.5 Å². The molecule has 1 aliphatic rings. The van der Waals surface area contributed by atoms with Crippen molar-refractivity contribution in [3.63, 3.8) is 0 Å². The smallest absolute Gasteiger partial charge is 0.254 e. The number of amides is 1. The number of aliphatic hydroxyl groups is 1. The lowest BCUT2D eigenvalue weighted by Gasteiger charge is -2.32. The first-order chi connectivity index (χ1) is 13.3. The van der Waals surface area contributed by atoms with E-state index >= 15 is 0 Å². The Morgan fingerprint density at radius 1 is 1.15 bits per heavy atom. The van der Waals surface area contributed by atoms with E-state index in [4.69, 9.17) is 9.15 Å². The van der Waals surface area contributed by atoms with Gasteiger partial charge in [-0.25, -0.2) is 4.98 Å². The maximum Gasteiger partial charge on any atom is 0.254 e. The summed E-state index contributed by atoms with van der Waals surface area (Å²) in [7, 11) is 0. The summed E-state index contributed by atoms with van der Waals surface area (Å²) in [5, 5.41) is 9.32. The van der Waals surface area contributed by atoms with Gasteiger partial charge in [0.2, 0.25) is 5.89 Å². The van der Waals surface area contributed by atoms with Gasteiger partial charge in [0.25, 0.3) is 5.91 Å². The second-order valence-electron chi connectivity index (χ2n) is 6.37. The molecule has 1 aliphatic heterocycles. The fourth-order valence-corrected chi connectivity index (χ4v) is 3.18. The lowest BCUT2D eigenvalue weighted by molar-refractivity contribution is -0.0447. The van der Waals surface area contributed by atoms with E-state index in [1.54, 1.807) is 17.2 Å². The molecule has 1 N–H and O–H groups in total. The minimum absolute atomic E-state index is 0.106. The van der Waals surface area contributed by atoms with E-state index in [9.17, 15) is 9.90 Å². The Morgan fingerprint density at radius 3 is 2.74 bits per heavy atom. The molecule has 2 heterocycles. The van der Waals surface area contributed by atoms with Crippen LogP contribution in [0.15, 0.2) is 65.2 Å². The van der Waals surface area contributed by atoms with Crippen LogP contribution in [-0.2, 0) is 4.74 Å². The van der Waals surface area contributed by atoms with Crippen LogP contribution in [-0.4, -0.2) is 53.3 Å². The monoisotopic (exact) mass is 364 g/mol. The van der Waals surface area contributed by atoms with E-state index in [2.05, 4.69) is 4.98 Å². The third-order valence-corrected chi connectivity index (χ3v) is 4.58. The van der Waals surface area contributed by atoms with Gasteiger partial charge in [-0.1, -0.05) is 42.5 Å². The SMILES string of the molecule is O=C(c1ccccc1-c1ncc(-c2ccccc2)o1)N1CCO[C@H](CO)C1. The molecule has 0 saturated carbocycles. The third-order valence-electron chi connectivity index (χ3n) is 4.58.